The number of alkyl carbamates (subject to hydrolysis) is 1. The van der Waals surface area contributed by atoms with Crippen molar-refractivity contribution in [2.45, 2.75) is 63.8 Å². The van der Waals surface area contributed by atoms with Gasteiger partial charge in [0.25, 0.3) is 0 Å². The van der Waals surface area contributed by atoms with Crippen molar-refractivity contribution in [1.29, 1.82) is 0 Å². The summed E-state index contributed by atoms with van der Waals surface area (Å²) in [6.07, 6.45) is 3.39. The maximum atomic E-state index is 12.7. The van der Waals surface area contributed by atoms with Crippen LogP contribution >= 0.6 is 0 Å². The number of benzene rings is 1. The Morgan fingerprint density at radius 2 is 1.86 bits per heavy atom. The molecule has 0 bridgehead atoms. The third-order valence-corrected chi connectivity index (χ3v) is 7.10. The maximum Gasteiger partial charge on any atom is 0.407 e. The summed E-state index contributed by atoms with van der Waals surface area (Å²) in [6, 6.07) is 9.03. The number of methoxy groups -OCH3 is 1. The molecule has 2 aliphatic carbocycles. The highest BCUT2D eigenvalue weighted by Crippen LogP contribution is 2.57. The second-order valence-corrected chi connectivity index (χ2v) is 9.91. The van der Waals surface area contributed by atoms with Gasteiger partial charge in [-0.15, -0.1) is 0 Å². The third-order valence-electron chi connectivity index (χ3n) is 7.10. The quantitative estimate of drug-likeness (QED) is 0.852. The fourth-order valence-electron chi connectivity index (χ4n) is 5.43. The Morgan fingerprint density at radius 1 is 1.18 bits per heavy atom. The molecule has 1 N–H and O–H groups in total. The first-order chi connectivity index (χ1) is 13.2. The van der Waals surface area contributed by atoms with E-state index < -0.39 is 6.09 Å². The molecular formula is C23H32N2O3. The summed E-state index contributed by atoms with van der Waals surface area (Å²) in [7, 11) is 1.37. The van der Waals surface area contributed by atoms with Crippen molar-refractivity contribution < 1.29 is 14.3 Å². The zero-order valence-corrected chi connectivity index (χ0v) is 17.5. The van der Waals surface area contributed by atoms with Gasteiger partial charge in [-0.3, -0.25) is 4.79 Å². The average molecular weight is 385 g/mol. The van der Waals surface area contributed by atoms with Gasteiger partial charge in [-0.25, -0.2) is 4.79 Å². The van der Waals surface area contributed by atoms with Gasteiger partial charge < -0.3 is 15.0 Å². The van der Waals surface area contributed by atoms with Gasteiger partial charge in [0.15, 0.2) is 0 Å². The van der Waals surface area contributed by atoms with Gasteiger partial charge >= 0.3 is 6.09 Å². The molecule has 1 saturated heterocycles. The van der Waals surface area contributed by atoms with E-state index in [1.807, 2.05) is 11.8 Å². The summed E-state index contributed by atoms with van der Waals surface area (Å²) >= 11 is 0. The predicted octanol–water partition coefficient (Wildman–Crippen LogP) is 4.04. The lowest BCUT2D eigenvalue weighted by Gasteiger charge is -2.60. The average Bonchev–Trinajstić information content (AvgIpc) is 2.57. The Morgan fingerprint density at radius 3 is 2.46 bits per heavy atom. The van der Waals surface area contributed by atoms with Crippen LogP contribution in [0.3, 0.4) is 0 Å². The monoisotopic (exact) mass is 384 g/mol. The number of nitrogens with one attached hydrogen (secondary N) is 1. The van der Waals surface area contributed by atoms with Crippen molar-refractivity contribution in [3.63, 3.8) is 0 Å². The summed E-state index contributed by atoms with van der Waals surface area (Å²) in [4.78, 5) is 26.2. The van der Waals surface area contributed by atoms with Gasteiger partial charge in [-0.2, -0.15) is 0 Å². The number of amides is 2. The molecule has 0 unspecified atom stereocenters. The summed E-state index contributed by atoms with van der Waals surface area (Å²) in [6.45, 7) is 8.27. The molecule has 0 aromatic heterocycles. The summed E-state index contributed by atoms with van der Waals surface area (Å²) in [5.41, 5.74) is 2.92. The SMILES string of the molecule is COC(=O)NC1(C)CC(C(=O)N2CC3(CC(c4cccc(C(C)C)c4)C3)C2)C1. The Labute approximate surface area is 167 Å². The van der Waals surface area contributed by atoms with E-state index in [4.69, 9.17) is 0 Å². The number of nitrogens with zero attached hydrogens (tertiary/aromatic N) is 1. The van der Waals surface area contributed by atoms with E-state index in [0.717, 1.165) is 13.1 Å². The minimum Gasteiger partial charge on any atom is -0.453 e. The van der Waals surface area contributed by atoms with Crippen LogP contribution in [0.2, 0.25) is 0 Å². The van der Waals surface area contributed by atoms with E-state index in [0.29, 0.717) is 30.1 Å². The standard InChI is InChI=1S/C23H32N2O3/c1-15(2)16-6-5-7-17(8-16)18-11-23(12-18)13-25(14-23)20(26)19-9-22(3,10-19)24-21(27)28-4/h5-8,15,18-19H,9-14H2,1-4H3,(H,24,27). The lowest BCUT2D eigenvalue weighted by Crippen LogP contribution is -2.66. The molecule has 2 amide bonds. The first kappa shape index (κ1) is 19.3. The topological polar surface area (TPSA) is 58.6 Å². The number of hydrogen-bond acceptors (Lipinski definition) is 3. The predicted molar refractivity (Wildman–Crippen MR) is 108 cm³/mol. The molecule has 5 heteroatoms. The first-order valence-electron chi connectivity index (χ1n) is 10.5. The molecule has 2 saturated carbocycles. The number of hydrogen-bond donors (Lipinski definition) is 1. The Bertz CT molecular complexity index is 768. The van der Waals surface area contributed by atoms with Crippen molar-refractivity contribution in [3.05, 3.63) is 35.4 Å². The van der Waals surface area contributed by atoms with E-state index in [9.17, 15) is 9.59 Å². The van der Waals surface area contributed by atoms with Crippen LogP contribution in [0.25, 0.3) is 0 Å². The minimum atomic E-state index is -0.418. The lowest BCUT2D eigenvalue weighted by molar-refractivity contribution is -0.161. The Balaban J connectivity index is 1.24. The Hall–Kier alpha value is -2.04. The highest BCUT2D eigenvalue weighted by atomic mass is 16.5. The second-order valence-electron chi connectivity index (χ2n) is 9.91. The summed E-state index contributed by atoms with van der Waals surface area (Å²) in [5.74, 6) is 1.51. The minimum absolute atomic E-state index is 0.0399. The van der Waals surface area contributed by atoms with Crippen LogP contribution in [0.1, 0.15) is 69.4 Å². The molecule has 0 radical (unpaired) electrons. The summed E-state index contributed by atoms with van der Waals surface area (Å²) in [5, 5.41) is 2.85. The van der Waals surface area contributed by atoms with Crippen molar-refractivity contribution in [1.82, 2.24) is 10.2 Å². The highest BCUT2D eigenvalue weighted by molar-refractivity contribution is 5.82. The number of rotatable bonds is 4. The van der Waals surface area contributed by atoms with Crippen molar-refractivity contribution in [2.24, 2.45) is 11.3 Å². The van der Waals surface area contributed by atoms with Gasteiger partial charge in [0.05, 0.1) is 7.11 Å². The van der Waals surface area contributed by atoms with Gasteiger partial charge in [-0.1, -0.05) is 38.1 Å². The number of ether oxygens (including phenoxy) is 1. The van der Waals surface area contributed by atoms with E-state index in [-0.39, 0.29) is 17.4 Å². The van der Waals surface area contributed by atoms with Gasteiger partial charge in [-0.05, 0) is 55.6 Å². The van der Waals surface area contributed by atoms with E-state index >= 15 is 0 Å². The molecule has 4 rings (SSSR count). The zero-order chi connectivity index (χ0) is 20.1. The van der Waals surface area contributed by atoms with Gasteiger partial charge in [0, 0.05) is 30.0 Å². The molecule has 28 heavy (non-hydrogen) atoms. The van der Waals surface area contributed by atoms with E-state index in [2.05, 4.69) is 48.2 Å². The molecule has 1 spiro atoms. The normalized spacial score (nSPS) is 28.3. The van der Waals surface area contributed by atoms with Gasteiger partial charge in [0.1, 0.15) is 0 Å². The molecule has 1 aromatic rings. The van der Waals surface area contributed by atoms with Crippen LogP contribution in [0.15, 0.2) is 24.3 Å². The molecule has 0 atom stereocenters. The fourth-order valence-corrected chi connectivity index (χ4v) is 5.43. The third kappa shape index (κ3) is 3.40. The number of likely N-dealkylation sites (tertiary alicyclic amines) is 1. The van der Waals surface area contributed by atoms with E-state index in [1.165, 1.54) is 31.1 Å². The molecular weight excluding hydrogens is 352 g/mol. The first-order valence-corrected chi connectivity index (χ1v) is 10.5. The van der Waals surface area contributed by atoms with Crippen LogP contribution in [-0.2, 0) is 9.53 Å². The largest absolute Gasteiger partial charge is 0.453 e. The van der Waals surface area contributed by atoms with Crippen LogP contribution in [0, 0.1) is 11.3 Å². The second kappa shape index (κ2) is 6.78. The molecule has 5 nitrogen and oxygen atoms in total. The lowest BCUT2D eigenvalue weighted by atomic mass is 9.55. The summed E-state index contributed by atoms with van der Waals surface area (Å²) < 4.78 is 4.67. The van der Waals surface area contributed by atoms with Crippen molar-refractivity contribution in [3.8, 4) is 0 Å². The van der Waals surface area contributed by atoms with Crippen molar-refractivity contribution in [2.75, 3.05) is 20.2 Å². The molecule has 1 heterocycles. The van der Waals surface area contributed by atoms with Crippen LogP contribution in [0.5, 0.6) is 0 Å². The molecule has 152 valence electrons. The molecule has 1 aliphatic heterocycles. The zero-order valence-electron chi connectivity index (χ0n) is 17.5. The molecule has 3 aliphatic rings. The Kier molecular flexibility index (Phi) is 4.67. The van der Waals surface area contributed by atoms with Crippen molar-refractivity contribution >= 4 is 12.0 Å². The van der Waals surface area contributed by atoms with Crippen LogP contribution in [0.4, 0.5) is 4.79 Å². The smallest absolute Gasteiger partial charge is 0.407 e. The maximum absolute atomic E-state index is 12.7. The number of carbonyl (C=O) groups excluding carboxylic acids is 2. The molecule has 1 aromatic carbocycles. The fraction of sp³-hybridized carbons (Fsp3) is 0.652. The molecule has 3 fully saturated rings. The van der Waals surface area contributed by atoms with Crippen LogP contribution in [-0.4, -0.2) is 42.6 Å². The van der Waals surface area contributed by atoms with Gasteiger partial charge in [0.2, 0.25) is 5.91 Å². The highest BCUT2D eigenvalue weighted by Gasteiger charge is 2.56. The van der Waals surface area contributed by atoms with Crippen LogP contribution < -0.4 is 5.32 Å². The van der Waals surface area contributed by atoms with E-state index in [1.54, 1.807) is 0 Å². The number of carbonyl (C=O) groups is 2.